The first-order valence-electron chi connectivity index (χ1n) is 8.63. The highest BCUT2D eigenvalue weighted by atomic mass is 32.2. The Morgan fingerprint density at radius 1 is 1.23 bits per heavy atom. The molecule has 1 aromatic heterocycles. The number of aryl methyl sites for hydroxylation is 1. The lowest BCUT2D eigenvalue weighted by Crippen LogP contribution is -2.40. The van der Waals surface area contributed by atoms with Gasteiger partial charge >= 0.3 is 5.69 Å². The van der Waals surface area contributed by atoms with E-state index in [4.69, 9.17) is 0 Å². The number of hydrogen-bond donors (Lipinski definition) is 0. The van der Waals surface area contributed by atoms with Crippen molar-refractivity contribution in [3.63, 3.8) is 0 Å². The second-order valence-electron chi connectivity index (χ2n) is 6.88. The van der Waals surface area contributed by atoms with Crippen LogP contribution in [0.2, 0.25) is 0 Å². The van der Waals surface area contributed by atoms with Crippen LogP contribution in [0.1, 0.15) is 44.5 Å². The normalized spacial score (nSPS) is 19.2. The van der Waals surface area contributed by atoms with E-state index in [-0.39, 0.29) is 29.1 Å². The molecule has 2 heterocycles. The Labute approximate surface area is 152 Å². The van der Waals surface area contributed by atoms with Crippen LogP contribution in [-0.2, 0) is 17.1 Å². The molecule has 1 fully saturated rings. The Morgan fingerprint density at radius 2 is 1.88 bits per heavy atom. The third kappa shape index (κ3) is 3.33. The van der Waals surface area contributed by atoms with Crippen molar-refractivity contribution in [2.75, 3.05) is 13.1 Å². The third-order valence-corrected chi connectivity index (χ3v) is 6.58. The van der Waals surface area contributed by atoms with E-state index in [0.717, 1.165) is 18.6 Å². The van der Waals surface area contributed by atoms with E-state index in [0.29, 0.717) is 18.8 Å². The van der Waals surface area contributed by atoms with E-state index in [1.54, 1.807) is 11.6 Å². The molecule has 3 rings (SSSR count). The molecule has 0 amide bonds. The smallest absolute Gasteiger partial charge is 0.276 e. The number of halogens is 1. The Bertz CT molecular complexity index is 947. The summed E-state index contributed by atoms with van der Waals surface area (Å²) >= 11 is 0. The molecule has 0 radical (unpaired) electrons. The first-order valence-corrected chi connectivity index (χ1v) is 10.1. The van der Waals surface area contributed by atoms with Crippen molar-refractivity contribution in [1.29, 1.82) is 0 Å². The summed E-state index contributed by atoms with van der Waals surface area (Å²) in [5, 5.41) is 4.35. The number of aromatic nitrogens is 3. The minimum atomic E-state index is -3.71. The molecule has 7 nitrogen and oxygen atoms in total. The van der Waals surface area contributed by atoms with Crippen LogP contribution in [0, 0.1) is 5.82 Å². The number of piperidine rings is 1. The molecule has 0 N–H and O–H groups in total. The van der Waals surface area contributed by atoms with Crippen LogP contribution in [0.3, 0.4) is 0 Å². The number of hydrogen-bond acceptors (Lipinski definition) is 4. The van der Waals surface area contributed by atoms with Gasteiger partial charge in [0.1, 0.15) is 11.6 Å². The summed E-state index contributed by atoms with van der Waals surface area (Å²) in [6, 6.07) is 4.78. The van der Waals surface area contributed by atoms with Gasteiger partial charge in [-0.3, -0.25) is 4.57 Å². The van der Waals surface area contributed by atoms with E-state index in [1.165, 1.54) is 21.1 Å². The summed E-state index contributed by atoms with van der Waals surface area (Å²) in [6.45, 7) is 4.46. The van der Waals surface area contributed by atoms with Crippen molar-refractivity contribution in [1.82, 2.24) is 18.7 Å². The van der Waals surface area contributed by atoms with Gasteiger partial charge in [0.25, 0.3) is 0 Å². The lowest BCUT2D eigenvalue weighted by Gasteiger charge is -2.31. The number of sulfonamides is 1. The Balaban J connectivity index is 1.92. The largest absolute Gasteiger partial charge is 0.345 e. The predicted molar refractivity (Wildman–Crippen MR) is 95.0 cm³/mol. The molecule has 1 aliphatic rings. The van der Waals surface area contributed by atoms with E-state index in [2.05, 4.69) is 5.10 Å². The average Bonchev–Trinajstić information content (AvgIpc) is 2.91. The molecular formula is C17H23FN4O3S. The quantitative estimate of drug-likeness (QED) is 0.809. The van der Waals surface area contributed by atoms with Gasteiger partial charge in [0.15, 0.2) is 0 Å². The molecule has 1 aliphatic heterocycles. The Morgan fingerprint density at radius 3 is 2.50 bits per heavy atom. The molecule has 1 aromatic carbocycles. The van der Waals surface area contributed by atoms with Gasteiger partial charge in [-0.25, -0.2) is 22.3 Å². The van der Waals surface area contributed by atoms with Crippen LogP contribution < -0.4 is 5.69 Å². The molecule has 2 aromatic rings. The predicted octanol–water partition coefficient (Wildman–Crippen LogP) is 1.87. The molecule has 1 unspecified atom stereocenters. The minimum Gasteiger partial charge on any atom is -0.276 e. The van der Waals surface area contributed by atoms with Gasteiger partial charge in [-0.2, -0.15) is 9.40 Å². The average molecular weight is 382 g/mol. The second kappa shape index (κ2) is 6.96. The van der Waals surface area contributed by atoms with Gasteiger partial charge in [0.05, 0.1) is 4.90 Å². The summed E-state index contributed by atoms with van der Waals surface area (Å²) in [7, 11) is -2.11. The summed E-state index contributed by atoms with van der Waals surface area (Å²) in [4.78, 5) is 12.4. The van der Waals surface area contributed by atoms with Crippen LogP contribution in [-0.4, -0.2) is 40.2 Å². The fourth-order valence-corrected chi connectivity index (χ4v) is 4.91. The fraction of sp³-hybridized carbons (Fsp3) is 0.529. The Hall–Kier alpha value is -2.00. The number of rotatable bonds is 4. The van der Waals surface area contributed by atoms with Crippen molar-refractivity contribution in [2.45, 2.75) is 43.5 Å². The minimum absolute atomic E-state index is 0.0599. The molecule has 0 saturated carbocycles. The zero-order valence-electron chi connectivity index (χ0n) is 15.1. The van der Waals surface area contributed by atoms with E-state index in [1.807, 2.05) is 13.8 Å². The van der Waals surface area contributed by atoms with E-state index >= 15 is 0 Å². The van der Waals surface area contributed by atoms with Crippen molar-refractivity contribution < 1.29 is 12.8 Å². The van der Waals surface area contributed by atoms with Crippen molar-refractivity contribution in [3.8, 4) is 0 Å². The zero-order chi connectivity index (χ0) is 19.1. The highest BCUT2D eigenvalue weighted by Gasteiger charge is 2.34. The maximum atomic E-state index is 13.1. The van der Waals surface area contributed by atoms with Gasteiger partial charge < -0.3 is 0 Å². The summed E-state index contributed by atoms with van der Waals surface area (Å²) in [5.41, 5.74) is -0.200. The highest BCUT2D eigenvalue weighted by Crippen LogP contribution is 2.30. The van der Waals surface area contributed by atoms with Crippen LogP contribution in [0.4, 0.5) is 4.39 Å². The topological polar surface area (TPSA) is 77.2 Å². The van der Waals surface area contributed by atoms with Crippen LogP contribution in [0.5, 0.6) is 0 Å². The first-order chi connectivity index (χ1) is 12.2. The lowest BCUT2D eigenvalue weighted by molar-refractivity contribution is 0.301. The zero-order valence-corrected chi connectivity index (χ0v) is 15.9. The van der Waals surface area contributed by atoms with E-state index in [9.17, 15) is 17.6 Å². The van der Waals surface area contributed by atoms with Gasteiger partial charge in [-0.05, 0) is 51.0 Å². The molecule has 0 bridgehead atoms. The molecule has 0 aliphatic carbocycles. The summed E-state index contributed by atoms with van der Waals surface area (Å²) < 4.78 is 43.2. The molecule has 1 atom stereocenters. The van der Waals surface area contributed by atoms with Crippen LogP contribution in [0.15, 0.2) is 34.0 Å². The molecule has 142 valence electrons. The van der Waals surface area contributed by atoms with Gasteiger partial charge in [-0.15, -0.1) is 0 Å². The first kappa shape index (κ1) is 18.8. The van der Waals surface area contributed by atoms with Crippen LogP contribution in [0.25, 0.3) is 0 Å². The van der Waals surface area contributed by atoms with Gasteiger partial charge in [-0.1, -0.05) is 0 Å². The molecule has 0 spiro atoms. The third-order valence-electron chi connectivity index (χ3n) is 4.70. The lowest BCUT2D eigenvalue weighted by atomic mass is 9.98. The van der Waals surface area contributed by atoms with Gasteiger partial charge in [0.2, 0.25) is 10.0 Å². The standard InChI is InChI=1S/C17H23FN4O3S/c1-12(2)22-16(19-20(3)17(22)23)13-5-4-10-21(11-13)26(24,25)15-8-6-14(18)7-9-15/h6-9,12-13H,4-5,10-11H2,1-3H3. The van der Waals surface area contributed by atoms with Crippen molar-refractivity contribution >= 4 is 10.0 Å². The maximum absolute atomic E-state index is 13.1. The van der Waals surface area contributed by atoms with Gasteiger partial charge in [0, 0.05) is 32.1 Å². The Kier molecular flexibility index (Phi) is 5.03. The SMILES string of the molecule is CC(C)n1c(C2CCCN(S(=O)(=O)c3ccc(F)cc3)C2)nn(C)c1=O. The second-order valence-corrected chi connectivity index (χ2v) is 8.82. The highest BCUT2D eigenvalue weighted by molar-refractivity contribution is 7.89. The fourth-order valence-electron chi connectivity index (χ4n) is 3.39. The molecular weight excluding hydrogens is 359 g/mol. The molecule has 26 heavy (non-hydrogen) atoms. The number of nitrogens with zero attached hydrogens (tertiary/aromatic N) is 4. The van der Waals surface area contributed by atoms with E-state index < -0.39 is 15.8 Å². The molecule has 9 heteroatoms. The monoisotopic (exact) mass is 382 g/mol. The van der Waals surface area contributed by atoms with Crippen molar-refractivity contribution in [2.24, 2.45) is 7.05 Å². The van der Waals surface area contributed by atoms with Crippen LogP contribution >= 0.6 is 0 Å². The summed E-state index contributed by atoms with van der Waals surface area (Å²) in [5.74, 6) is -0.0170. The van der Waals surface area contributed by atoms with Crippen molar-refractivity contribution in [3.05, 3.63) is 46.4 Å². The maximum Gasteiger partial charge on any atom is 0.345 e. The number of benzene rings is 1. The molecule has 1 saturated heterocycles. The summed E-state index contributed by atoms with van der Waals surface area (Å²) in [6.07, 6.45) is 1.44.